The zero-order valence-corrected chi connectivity index (χ0v) is 17.6. The highest BCUT2D eigenvalue weighted by atomic mass is 16.2. The lowest BCUT2D eigenvalue weighted by Crippen LogP contribution is -2.43. The largest absolute Gasteiger partial charge is 0.356 e. The predicted molar refractivity (Wildman–Crippen MR) is 118 cm³/mol. The molecular weight excluding hydrogens is 378 g/mol. The van der Waals surface area contributed by atoms with Gasteiger partial charge in [0.25, 0.3) is 11.8 Å². The van der Waals surface area contributed by atoms with Gasteiger partial charge in [0.15, 0.2) is 0 Å². The first-order valence-corrected chi connectivity index (χ1v) is 10.5. The summed E-state index contributed by atoms with van der Waals surface area (Å²) in [5, 5.41) is 5.79. The van der Waals surface area contributed by atoms with E-state index in [9.17, 15) is 14.4 Å². The second kappa shape index (κ2) is 10.1. The average Bonchev–Trinajstić information content (AvgIpc) is 2.77. The number of carbonyl (C=O) groups excluding carboxylic acids is 3. The topological polar surface area (TPSA) is 78.5 Å². The number of likely N-dealkylation sites (tertiary alicyclic amines) is 1. The van der Waals surface area contributed by atoms with Crippen molar-refractivity contribution in [1.29, 1.82) is 0 Å². The van der Waals surface area contributed by atoms with Crippen LogP contribution in [0.1, 0.15) is 52.5 Å². The van der Waals surface area contributed by atoms with Crippen LogP contribution in [0.4, 0.5) is 5.69 Å². The van der Waals surface area contributed by atoms with E-state index in [0.29, 0.717) is 49.3 Å². The van der Waals surface area contributed by atoms with Gasteiger partial charge in [-0.1, -0.05) is 30.7 Å². The molecule has 1 saturated heterocycles. The number of nitrogens with one attached hydrogen (secondary N) is 2. The smallest absolute Gasteiger partial charge is 0.255 e. The van der Waals surface area contributed by atoms with Gasteiger partial charge in [-0.05, 0) is 56.5 Å². The van der Waals surface area contributed by atoms with Crippen LogP contribution in [0.2, 0.25) is 0 Å². The molecule has 2 aromatic rings. The molecule has 6 heteroatoms. The van der Waals surface area contributed by atoms with Gasteiger partial charge in [-0.3, -0.25) is 14.4 Å². The Labute approximate surface area is 177 Å². The third kappa shape index (κ3) is 5.47. The molecular formula is C24H29N3O3. The van der Waals surface area contributed by atoms with Crippen molar-refractivity contribution < 1.29 is 14.4 Å². The van der Waals surface area contributed by atoms with Crippen LogP contribution in [0, 0.1) is 12.8 Å². The molecule has 0 aliphatic carbocycles. The Balaban J connectivity index is 1.59. The molecule has 158 valence electrons. The van der Waals surface area contributed by atoms with Gasteiger partial charge < -0.3 is 15.5 Å². The van der Waals surface area contributed by atoms with E-state index in [1.54, 1.807) is 41.3 Å². The van der Waals surface area contributed by atoms with E-state index in [2.05, 4.69) is 10.6 Å². The van der Waals surface area contributed by atoms with Crippen LogP contribution < -0.4 is 10.6 Å². The molecule has 0 radical (unpaired) electrons. The monoisotopic (exact) mass is 407 g/mol. The lowest BCUT2D eigenvalue weighted by atomic mass is 9.95. The minimum absolute atomic E-state index is 0.0271. The van der Waals surface area contributed by atoms with Crippen LogP contribution >= 0.6 is 0 Å². The van der Waals surface area contributed by atoms with Crippen molar-refractivity contribution >= 4 is 23.4 Å². The average molecular weight is 408 g/mol. The normalized spacial score (nSPS) is 14.3. The van der Waals surface area contributed by atoms with Gasteiger partial charge in [0.1, 0.15) is 0 Å². The van der Waals surface area contributed by atoms with Gasteiger partial charge >= 0.3 is 0 Å². The van der Waals surface area contributed by atoms with Crippen LogP contribution in [0.25, 0.3) is 0 Å². The van der Waals surface area contributed by atoms with Crippen molar-refractivity contribution in [3.63, 3.8) is 0 Å². The minimum Gasteiger partial charge on any atom is -0.356 e. The first kappa shape index (κ1) is 21.6. The lowest BCUT2D eigenvalue weighted by molar-refractivity contribution is -0.126. The molecule has 0 saturated carbocycles. The molecule has 0 unspecified atom stereocenters. The van der Waals surface area contributed by atoms with Crippen molar-refractivity contribution in [1.82, 2.24) is 10.2 Å². The van der Waals surface area contributed by atoms with E-state index in [-0.39, 0.29) is 23.6 Å². The highest BCUT2D eigenvalue weighted by molar-refractivity contribution is 6.05. The Morgan fingerprint density at radius 3 is 2.37 bits per heavy atom. The number of carbonyl (C=O) groups is 3. The number of aryl methyl sites for hydroxylation is 1. The van der Waals surface area contributed by atoms with E-state index >= 15 is 0 Å². The second-order valence-electron chi connectivity index (χ2n) is 7.76. The fourth-order valence-electron chi connectivity index (χ4n) is 3.56. The Morgan fingerprint density at radius 2 is 1.70 bits per heavy atom. The number of rotatable bonds is 6. The van der Waals surface area contributed by atoms with E-state index in [1.165, 1.54) is 0 Å². The maximum Gasteiger partial charge on any atom is 0.255 e. The van der Waals surface area contributed by atoms with Gasteiger partial charge in [-0.25, -0.2) is 0 Å². The third-order valence-electron chi connectivity index (χ3n) is 5.38. The number of benzene rings is 2. The second-order valence-corrected chi connectivity index (χ2v) is 7.76. The van der Waals surface area contributed by atoms with Gasteiger partial charge in [0, 0.05) is 42.4 Å². The number of anilines is 1. The van der Waals surface area contributed by atoms with Crippen molar-refractivity contribution in [2.24, 2.45) is 5.92 Å². The molecule has 0 atom stereocenters. The minimum atomic E-state index is -0.210. The summed E-state index contributed by atoms with van der Waals surface area (Å²) in [6.45, 7) is 5.81. The highest BCUT2D eigenvalue weighted by Gasteiger charge is 2.27. The van der Waals surface area contributed by atoms with Gasteiger partial charge in [-0.15, -0.1) is 0 Å². The molecule has 2 N–H and O–H groups in total. The molecule has 3 rings (SSSR count). The maximum absolute atomic E-state index is 12.9. The molecule has 6 nitrogen and oxygen atoms in total. The van der Waals surface area contributed by atoms with Gasteiger partial charge in [-0.2, -0.15) is 0 Å². The third-order valence-corrected chi connectivity index (χ3v) is 5.38. The number of piperidine rings is 1. The van der Waals surface area contributed by atoms with Gasteiger partial charge in [0.2, 0.25) is 5.91 Å². The van der Waals surface area contributed by atoms with Gasteiger partial charge in [0.05, 0.1) is 0 Å². The standard InChI is InChI=1S/C24H29N3O3/c1-3-13-25-22(28)19-11-14-27(15-12-19)24(30)20-5-4-6-21(16-20)26-23(29)18-9-7-17(2)8-10-18/h4-10,16,19H,3,11-15H2,1-2H3,(H,25,28)(H,26,29). The summed E-state index contributed by atoms with van der Waals surface area (Å²) < 4.78 is 0. The van der Waals surface area contributed by atoms with E-state index in [4.69, 9.17) is 0 Å². The molecule has 2 aromatic carbocycles. The zero-order chi connectivity index (χ0) is 21.5. The van der Waals surface area contributed by atoms with E-state index < -0.39 is 0 Å². The molecule has 1 heterocycles. The Kier molecular flexibility index (Phi) is 7.22. The van der Waals surface area contributed by atoms with Crippen LogP contribution in [0.15, 0.2) is 48.5 Å². The summed E-state index contributed by atoms with van der Waals surface area (Å²) in [6, 6.07) is 14.3. The maximum atomic E-state index is 12.9. The van der Waals surface area contributed by atoms with Crippen LogP contribution in [-0.4, -0.2) is 42.3 Å². The lowest BCUT2D eigenvalue weighted by Gasteiger charge is -2.31. The number of hydrogen-bond donors (Lipinski definition) is 2. The van der Waals surface area contributed by atoms with E-state index in [0.717, 1.165) is 12.0 Å². The zero-order valence-electron chi connectivity index (χ0n) is 17.6. The first-order valence-electron chi connectivity index (χ1n) is 10.5. The van der Waals surface area contributed by atoms with Crippen molar-refractivity contribution in [3.05, 3.63) is 65.2 Å². The highest BCUT2D eigenvalue weighted by Crippen LogP contribution is 2.21. The summed E-state index contributed by atoms with van der Waals surface area (Å²) in [5.41, 5.74) is 2.78. The molecule has 1 aliphatic rings. The SMILES string of the molecule is CCCNC(=O)C1CCN(C(=O)c2cccc(NC(=O)c3ccc(C)cc3)c2)CC1. The van der Waals surface area contributed by atoms with Crippen LogP contribution in [0.5, 0.6) is 0 Å². The summed E-state index contributed by atoms with van der Waals surface area (Å²) in [7, 11) is 0. The number of hydrogen-bond acceptors (Lipinski definition) is 3. The Morgan fingerprint density at radius 1 is 1.00 bits per heavy atom. The summed E-state index contributed by atoms with van der Waals surface area (Å²) in [4.78, 5) is 39.3. The molecule has 1 fully saturated rings. The van der Waals surface area contributed by atoms with Crippen molar-refractivity contribution in [2.75, 3.05) is 25.0 Å². The quantitative estimate of drug-likeness (QED) is 0.768. The summed E-state index contributed by atoms with van der Waals surface area (Å²) in [5.74, 6) is -0.224. The first-order chi connectivity index (χ1) is 14.5. The van der Waals surface area contributed by atoms with Crippen molar-refractivity contribution in [2.45, 2.75) is 33.1 Å². The number of nitrogens with zero attached hydrogens (tertiary/aromatic N) is 1. The molecule has 30 heavy (non-hydrogen) atoms. The van der Waals surface area contributed by atoms with Crippen molar-refractivity contribution in [3.8, 4) is 0 Å². The summed E-state index contributed by atoms with van der Waals surface area (Å²) in [6.07, 6.45) is 2.26. The summed E-state index contributed by atoms with van der Waals surface area (Å²) >= 11 is 0. The molecule has 0 bridgehead atoms. The van der Waals surface area contributed by atoms with Crippen LogP contribution in [0.3, 0.4) is 0 Å². The Hall–Kier alpha value is -3.15. The fourth-order valence-corrected chi connectivity index (χ4v) is 3.56. The molecule has 1 aliphatic heterocycles. The number of amides is 3. The Bertz CT molecular complexity index is 900. The van der Waals surface area contributed by atoms with Crippen LogP contribution in [-0.2, 0) is 4.79 Å². The molecule has 3 amide bonds. The molecule has 0 spiro atoms. The van der Waals surface area contributed by atoms with E-state index in [1.807, 2.05) is 26.0 Å². The predicted octanol–water partition coefficient (Wildman–Crippen LogP) is 3.63. The molecule has 0 aromatic heterocycles. The fraction of sp³-hybridized carbons (Fsp3) is 0.375.